The molecule has 2 saturated heterocycles. The highest BCUT2D eigenvalue weighted by Crippen LogP contribution is 2.37. The van der Waals surface area contributed by atoms with Gasteiger partial charge in [-0.2, -0.15) is 0 Å². The van der Waals surface area contributed by atoms with Gasteiger partial charge in [0.15, 0.2) is 0 Å². The molecule has 3 aliphatic rings. The standard InChI is InChI=1S/C21H29N3O2/c25-20(12-15-4-2-1-3-5-15)24-18-6-7-19(24)14-17(13-18)23-21(26)16-8-10-22-11-9-16/h8-11,15,17-19H,1-7,12-14H2,(H,23,26). The minimum absolute atomic E-state index is 0.0289. The fourth-order valence-electron chi connectivity index (χ4n) is 5.22. The Labute approximate surface area is 155 Å². The van der Waals surface area contributed by atoms with Gasteiger partial charge in [-0.05, 0) is 56.6 Å². The monoisotopic (exact) mass is 355 g/mol. The van der Waals surface area contributed by atoms with E-state index in [9.17, 15) is 9.59 Å². The number of piperidine rings is 1. The van der Waals surface area contributed by atoms with E-state index in [1.807, 2.05) is 0 Å². The molecule has 0 spiro atoms. The smallest absolute Gasteiger partial charge is 0.251 e. The summed E-state index contributed by atoms with van der Waals surface area (Å²) >= 11 is 0. The van der Waals surface area contributed by atoms with E-state index in [2.05, 4.69) is 15.2 Å². The molecule has 5 nitrogen and oxygen atoms in total. The van der Waals surface area contributed by atoms with E-state index in [1.54, 1.807) is 24.5 Å². The molecule has 3 fully saturated rings. The van der Waals surface area contributed by atoms with Crippen LogP contribution in [-0.2, 0) is 4.79 Å². The van der Waals surface area contributed by atoms with Crippen molar-refractivity contribution in [1.82, 2.24) is 15.2 Å². The summed E-state index contributed by atoms with van der Waals surface area (Å²) in [5.41, 5.74) is 0.656. The molecule has 5 heteroatoms. The van der Waals surface area contributed by atoms with Crippen molar-refractivity contribution in [1.29, 1.82) is 0 Å². The summed E-state index contributed by atoms with van der Waals surface area (Å²) in [6, 6.07) is 4.28. The zero-order chi connectivity index (χ0) is 17.9. The molecular formula is C21H29N3O2. The third kappa shape index (κ3) is 3.76. The van der Waals surface area contributed by atoms with Crippen LogP contribution in [-0.4, -0.2) is 39.8 Å². The van der Waals surface area contributed by atoms with Crippen molar-refractivity contribution >= 4 is 11.8 Å². The molecule has 140 valence electrons. The van der Waals surface area contributed by atoms with Crippen LogP contribution in [0.25, 0.3) is 0 Å². The zero-order valence-electron chi connectivity index (χ0n) is 15.4. The lowest BCUT2D eigenvalue weighted by atomic mass is 9.86. The maximum absolute atomic E-state index is 12.9. The number of hydrogen-bond donors (Lipinski definition) is 1. The van der Waals surface area contributed by atoms with E-state index in [1.165, 1.54) is 32.1 Å². The number of amides is 2. The fraction of sp³-hybridized carbons (Fsp3) is 0.667. The van der Waals surface area contributed by atoms with Gasteiger partial charge in [0.2, 0.25) is 5.91 Å². The molecule has 1 aromatic heterocycles. The van der Waals surface area contributed by atoms with Crippen LogP contribution in [0.3, 0.4) is 0 Å². The quantitative estimate of drug-likeness (QED) is 0.901. The number of nitrogens with one attached hydrogen (secondary N) is 1. The van der Waals surface area contributed by atoms with Crippen LogP contribution in [0.1, 0.15) is 74.6 Å². The zero-order valence-corrected chi connectivity index (χ0v) is 15.4. The van der Waals surface area contributed by atoms with Crippen molar-refractivity contribution in [2.45, 2.75) is 82.3 Å². The summed E-state index contributed by atoms with van der Waals surface area (Å²) in [5.74, 6) is 0.932. The maximum atomic E-state index is 12.9. The first-order chi connectivity index (χ1) is 12.7. The molecule has 1 aromatic rings. The number of carbonyl (C=O) groups is 2. The first-order valence-corrected chi connectivity index (χ1v) is 10.2. The summed E-state index contributed by atoms with van der Waals surface area (Å²) in [7, 11) is 0. The molecule has 1 N–H and O–H groups in total. The second-order valence-corrected chi connectivity index (χ2v) is 8.27. The molecular weight excluding hydrogens is 326 g/mol. The minimum atomic E-state index is -0.0289. The van der Waals surface area contributed by atoms with Crippen LogP contribution in [0, 0.1) is 5.92 Å². The van der Waals surface area contributed by atoms with Gasteiger partial charge in [-0.1, -0.05) is 19.3 Å². The third-order valence-corrected chi connectivity index (χ3v) is 6.49. The summed E-state index contributed by atoms with van der Waals surface area (Å²) in [5, 5.41) is 3.17. The Kier molecular flexibility index (Phi) is 5.23. The van der Waals surface area contributed by atoms with Gasteiger partial charge in [-0.15, -0.1) is 0 Å². The molecule has 2 amide bonds. The highest BCUT2D eigenvalue weighted by Gasteiger charge is 2.43. The number of hydrogen-bond acceptors (Lipinski definition) is 3. The molecule has 4 rings (SSSR count). The Balaban J connectivity index is 1.33. The first kappa shape index (κ1) is 17.5. The van der Waals surface area contributed by atoms with Crippen molar-refractivity contribution < 1.29 is 9.59 Å². The minimum Gasteiger partial charge on any atom is -0.349 e. The summed E-state index contributed by atoms with van der Waals surface area (Å²) in [6.07, 6.45) is 14.3. The SMILES string of the molecule is O=C(NC1CC2CCC(C1)N2C(=O)CC1CCCCC1)c1ccncc1. The van der Waals surface area contributed by atoms with E-state index >= 15 is 0 Å². The average Bonchev–Trinajstić information content (AvgIpc) is 2.94. The second kappa shape index (κ2) is 7.77. The molecule has 1 aliphatic carbocycles. The fourth-order valence-corrected chi connectivity index (χ4v) is 5.22. The normalized spacial score (nSPS) is 28.8. The Bertz CT molecular complexity index is 628. The summed E-state index contributed by atoms with van der Waals surface area (Å²) in [4.78, 5) is 31.5. The van der Waals surface area contributed by atoms with E-state index in [4.69, 9.17) is 0 Å². The van der Waals surface area contributed by atoms with Crippen LogP contribution in [0.2, 0.25) is 0 Å². The van der Waals surface area contributed by atoms with Gasteiger partial charge in [0, 0.05) is 42.5 Å². The molecule has 2 bridgehead atoms. The second-order valence-electron chi connectivity index (χ2n) is 8.27. The van der Waals surface area contributed by atoms with Crippen molar-refractivity contribution in [2.75, 3.05) is 0 Å². The van der Waals surface area contributed by atoms with Crippen molar-refractivity contribution in [3.63, 3.8) is 0 Å². The topological polar surface area (TPSA) is 62.3 Å². The largest absolute Gasteiger partial charge is 0.349 e. The molecule has 0 aromatic carbocycles. The van der Waals surface area contributed by atoms with Crippen molar-refractivity contribution in [3.05, 3.63) is 30.1 Å². The third-order valence-electron chi connectivity index (χ3n) is 6.49. The van der Waals surface area contributed by atoms with Gasteiger partial charge in [0.05, 0.1) is 0 Å². The van der Waals surface area contributed by atoms with Crippen molar-refractivity contribution in [3.8, 4) is 0 Å². The first-order valence-electron chi connectivity index (χ1n) is 10.2. The van der Waals surface area contributed by atoms with Crippen LogP contribution in [0.15, 0.2) is 24.5 Å². The Hall–Kier alpha value is -1.91. The summed E-state index contributed by atoms with van der Waals surface area (Å²) in [6.45, 7) is 0. The predicted octanol–water partition coefficient (Wildman–Crippen LogP) is 3.30. The molecule has 26 heavy (non-hydrogen) atoms. The number of carbonyl (C=O) groups excluding carboxylic acids is 2. The van der Waals surface area contributed by atoms with E-state index in [-0.39, 0.29) is 11.9 Å². The number of aromatic nitrogens is 1. The van der Waals surface area contributed by atoms with Gasteiger partial charge in [-0.25, -0.2) is 0 Å². The van der Waals surface area contributed by atoms with E-state index < -0.39 is 0 Å². The van der Waals surface area contributed by atoms with Crippen molar-refractivity contribution in [2.24, 2.45) is 5.92 Å². The number of rotatable bonds is 4. The molecule has 2 atom stereocenters. The van der Waals surface area contributed by atoms with Crippen LogP contribution >= 0.6 is 0 Å². The lowest BCUT2D eigenvalue weighted by Crippen LogP contribution is -2.52. The van der Waals surface area contributed by atoms with Gasteiger partial charge in [0.1, 0.15) is 0 Å². The molecule has 2 unspecified atom stereocenters. The Morgan fingerprint density at radius 1 is 1.00 bits per heavy atom. The predicted molar refractivity (Wildman–Crippen MR) is 99.6 cm³/mol. The van der Waals surface area contributed by atoms with Gasteiger partial charge >= 0.3 is 0 Å². The maximum Gasteiger partial charge on any atom is 0.251 e. The Morgan fingerprint density at radius 2 is 1.65 bits per heavy atom. The van der Waals surface area contributed by atoms with Gasteiger partial charge < -0.3 is 10.2 Å². The lowest BCUT2D eigenvalue weighted by molar-refractivity contribution is -0.137. The molecule has 3 heterocycles. The van der Waals surface area contributed by atoms with Gasteiger partial charge in [0.25, 0.3) is 5.91 Å². The highest BCUT2D eigenvalue weighted by molar-refractivity contribution is 5.94. The average molecular weight is 355 g/mol. The Morgan fingerprint density at radius 3 is 2.31 bits per heavy atom. The van der Waals surface area contributed by atoms with Crippen LogP contribution in [0.4, 0.5) is 0 Å². The number of nitrogens with zero attached hydrogens (tertiary/aromatic N) is 2. The molecule has 1 saturated carbocycles. The number of fused-ring (bicyclic) bond motifs is 2. The van der Waals surface area contributed by atoms with E-state index in [0.29, 0.717) is 29.5 Å². The molecule has 2 aliphatic heterocycles. The van der Waals surface area contributed by atoms with Gasteiger partial charge in [-0.3, -0.25) is 14.6 Å². The summed E-state index contributed by atoms with van der Waals surface area (Å²) < 4.78 is 0. The van der Waals surface area contributed by atoms with Crippen LogP contribution < -0.4 is 5.32 Å². The molecule has 0 radical (unpaired) electrons. The van der Waals surface area contributed by atoms with Crippen LogP contribution in [0.5, 0.6) is 0 Å². The highest BCUT2D eigenvalue weighted by atomic mass is 16.2. The number of pyridine rings is 1. The lowest BCUT2D eigenvalue weighted by Gasteiger charge is -2.40. The van der Waals surface area contributed by atoms with E-state index in [0.717, 1.165) is 32.1 Å².